The molecular formula is C11H20BNO4. The van der Waals surface area contributed by atoms with Gasteiger partial charge in [0.25, 0.3) is 0 Å². The summed E-state index contributed by atoms with van der Waals surface area (Å²) in [6.07, 6.45) is 4.97. The minimum atomic E-state index is -1.27. The van der Waals surface area contributed by atoms with Gasteiger partial charge in [-0.1, -0.05) is 12.8 Å². The fraction of sp³-hybridized carbons (Fsp3) is 0.909. The lowest BCUT2D eigenvalue weighted by Crippen LogP contribution is -2.46. The van der Waals surface area contributed by atoms with Gasteiger partial charge in [0.05, 0.1) is 0 Å². The Morgan fingerprint density at radius 1 is 1.41 bits per heavy atom. The van der Waals surface area contributed by atoms with Gasteiger partial charge in [0.2, 0.25) is 0 Å². The molecule has 0 bridgehead atoms. The molecule has 2 aliphatic rings. The van der Waals surface area contributed by atoms with E-state index in [-0.39, 0.29) is 11.3 Å². The molecule has 0 aromatic rings. The Balaban J connectivity index is 2.06. The predicted octanol–water partition coefficient (Wildman–Crippen LogP) is 0.0823. The highest BCUT2D eigenvalue weighted by Crippen LogP contribution is 2.48. The summed E-state index contributed by atoms with van der Waals surface area (Å²) in [4.78, 5) is 11.2. The van der Waals surface area contributed by atoms with Crippen molar-refractivity contribution in [1.29, 1.82) is 0 Å². The van der Waals surface area contributed by atoms with Crippen LogP contribution in [0.5, 0.6) is 0 Å². The van der Waals surface area contributed by atoms with Gasteiger partial charge in [-0.2, -0.15) is 0 Å². The zero-order valence-corrected chi connectivity index (χ0v) is 9.93. The molecule has 1 aliphatic carbocycles. The molecule has 1 saturated heterocycles. The van der Waals surface area contributed by atoms with Crippen molar-refractivity contribution in [3.05, 3.63) is 0 Å². The van der Waals surface area contributed by atoms with Crippen molar-refractivity contribution in [2.24, 2.45) is 11.3 Å². The largest absolute Gasteiger partial charge is 0.480 e. The smallest absolute Gasteiger partial charge is 0.451 e. The van der Waals surface area contributed by atoms with Crippen molar-refractivity contribution in [1.82, 2.24) is 5.32 Å². The van der Waals surface area contributed by atoms with E-state index >= 15 is 0 Å². The lowest BCUT2D eigenvalue weighted by atomic mass is 9.61. The summed E-state index contributed by atoms with van der Waals surface area (Å²) in [5, 5.41) is 30.4. The monoisotopic (exact) mass is 241 g/mol. The second-order valence-corrected chi connectivity index (χ2v) is 5.52. The Bertz CT molecular complexity index is 299. The Kier molecular flexibility index (Phi) is 3.75. The van der Waals surface area contributed by atoms with Gasteiger partial charge in [-0.25, -0.2) is 0 Å². The molecule has 0 radical (unpaired) electrons. The second-order valence-electron chi connectivity index (χ2n) is 5.52. The minimum Gasteiger partial charge on any atom is -0.480 e. The van der Waals surface area contributed by atoms with E-state index in [0.717, 1.165) is 38.6 Å². The summed E-state index contributed by atoms with van der Waals surface area (Å²) in [5.41, 5.74) is -0.163. The Morgan fingerprint density at radius 3 is 2.82 bits per heavy atom. The number of aliphatic carboxylic acids is 1. The fourth-order valence-corrected chi connectivity index (χ4v) is 3.69. The number of hydrogen-bond acceptors (Lipinski definition) is 4. The third-order valence-electron chi connectivity index (χ3n) is 4.36. The van der Waals surface area contributed by atoms with Crippen LogP contribution in [-0.4, -0.2) is 40.8 Å². The van der Waals surface area contributed by atoms with Gasteiger partial charge in [0.15, 0.2) is 0 Å². The highest BCUT2D eigenvalue weighted by atomic mass is 16.4. The quantitative estimate of drug-likeness (QED) is 0.525. The SMILES string of the molecule is O=C(O)C1NCCC12CCCC(CB(O)O)C2. The third-order valence-corrected chi connectivity index (χ3v) is 4.36. The van der Waals surface area contributed by atoms with Crippen molar-refractivity contribution in [3.8, 4) is 0 Å². The Morgan fingerprint density at radius 2 is 2.18 bits per heavy atom. The molecule has 0 aromatic carbocycles. The van der Waals surface area contributed by atoms with Crippen LogP contribution in [0.15, 0.2) is 0 Å². The number of carbonyl (C=O) groups is 1. The van der Waals surface area contributed by atoms with Gasteiger partial charge in [-0.15, -0.1) is 0 Å². The van der Waals surface area contributed by atoms with Gasteiger partial charge < -0.3 is 20.5 Å². The summed E-state index contributed by atoms with van der Waals surface area (Å²) in [6, 6.07) is -0.457. The van der Waals surface area contributed by atoms with Crippen LogP contribution in [0.1, 0.15) is 32.1 Å². The lowest BCUT2D eigenvalue weighted by molar-refractivity contribution is -0.142. The molecule has 5 nitrogen and oxygen atoms in total. The lowest BCUT2D eigenvalue weighted by Gasteiger charge is -2.40. The minimum absolute atomic E-state index is 0.163. The van der Waals surface area contributed by atoms with E-state index in [1.165, 1.54) is 0 Å². The molecule has 2 rings (SSSR count). The van der Waals surface area contributed by atoms with E-state index in [1.54, 1.807) is 0 Å². The normalized spacial score (nSPS) is 37.3. The van der Waals surface area contributed by atoms with Gasteiger partial charge >= 0.3 is 13.1 Å². The van der Waals surface area contributed by atoms with E-state index in [9.17, 15) is 9.90 Å². The van der Waals surface area contributed by atoms with Crippen LogP contribution in [0, 0.1) is 11.3 Å². The van der Waals surface area contributed by atoms with Gasteiger partial charge in [-0.05, 0) is 43.5 Å². The first-order valence-electron chi connectivity index (χ1n) is 6.36. The number of hydrogen-bond donors (Lipinski definition) is 4. The average molecular weight is 241 g/mol. The maximum atomic E-state index is 11.2. The zero-order chi connectivity index (χ0) is 12.5. The van der Waals surface area contributed by atoms with Crippen LogP contribution in [0.25, 0.3) is 0 Å². The molecule has 6 heteroatoms. The average Bonchev–Trinajstić information content (AvgIpc) is 2.60. The summed E-state index contributed by atoms with van der Waals surface area (Å²) >= 11 is 0. The van der Waals surface area contributed by atoms with Crippen LogP contribution >= 0.6 is 0 Å². The first-order valence-corrected chi connectivity index (χ1v) is 6.36. The predicted molar refractivity (Wildman–Crippen MR) is 63.4 cm³/mol. The van der Waals surface area contributed by atoms with Crippen LogP contribution < -0.4 is 5.32 Å². The summed E-state index contributed by atoms with van der Waals surface area (Å²) in [5.74, 6) is -0.529. The first kappa shape index (κ1) is 12.9. The summed E-state index contributed by atoms with van der Waals surface area (Å²) in [6.45, 7) is 0.755. The van der Waals surface area contributed by atoms with Crippen LogP contribution in [0.3, 0.4) is 0 Å². The molecule has 17 heavy (non-hydrogen) atoms. The summed E-state index contributed by atoms with van der Waals surface area (Å²) < 4.78 is 0. The van der Waals surface area contributed by atoms with Gasteiger partial charge in [0, 0.05) is 0 Å². The maximum absolute atomic E-state index is 11.2. The highest BCUT2D eigenvalue weighted by molar-refractivity contribution is 6.41. The number of nitrogens with one attached hydrogen (secondary N) is 1. The number of carboxylic acid groups (broad SMARTS) is 1. The molecule has 0 amide bonds. The number of rotatable bonds is 3. The van der Waals surface area contributed by atoms with E-state index in [2.05, 4.69) is 5.32 Å². The van der Waals surface area contributed by atoms with Crippen LogP contribution in [0.4, 0.5) is 0 Å². The van der Waals surface area contributed by atoms with Crippen molar-refractivity contribution >= 4 is 13.1 Å². The first-order chi connectivity index (χ1) is 8.03. The topological polar surface area (TPSA) is 89.8 Å². The second kappa shape index (κ2) is 4.96. The molecular weight excluding hydrogens is 221 g/mol. The van der Waals surface area contributed by atoms with Crippen molar-refractivity contribution < 1.29 is 19.9 Å². The molecule has 1 aliphatic heterocycles. The van der Waals surface area contributed by atoms with E-state index in [0.29, 0.717) is 6.32 Å². The number of carboxylic acids is 1. The molecule has 1 saturated carbocycles. The van der Waals surface area contributed by atoms with Crippen LogP contribution in [-0.2, 0) is 4.79 Å². The zero-order valence-electron chi connectivity index (χ0n) is 9.93. The van der Waals surface area contributed by atoms with Crippen LogP contribution in [0.2, 0.25) is 6.32 Å². The molecule has 1 heterocycles. The highest BCUT2D eigenvalue weighted by Gasteiger charge is 2.49. The van der Waals surface area contributed by atoms with Crippen molar-refractivity contribution in [2.75, 3.05) is 6.54 Å². The fourth-order valence-electron chi connectivity index (χ4n) is 3.69. The van der Waals surface area contributed by atoms with Crippen molar-refractivity contribution in [2.45, 2.75) is 44.5 Å². The molecule has 0 aromatic heterocycles. The van der Waals surface area contributed by atoms with E-state index in [4.69, 9.17) is 10.0 Å². The van der Waals surface area contributed by atoms with Gasteiger partial charge in [0.1, 0.15) is 6.04 Å². The Labute approximate surface area is 101 Å². The standard InChI is InChI=1S/C11H20BNO4/c14-10(15)9-11(4-5-13-9)3-1-2-8(6-11)7-12(16)17/h8-9,13,16-17H,1-7H2,(H,14,15). The third kappa shape index (κ3) is 2.64. The molecule has 3 unspecified atom stereocenters. The molecule has 2 fully saturated rings. The van der Waals surface area contributed by atoms with E-state index in [1.807, 2.05) is 0 Å². The molecule has 96 valence electrons. The maximum Gasteiger partial charge on any atom is 0.451 e. The van der Waals surface area contributed by atoms with Gasteiger partial charge in [-0.3, -0.25) is 4.79 Å². The summed E-state index contributed by atoms with van der Waals surface area (Å²) in [7, 11) is -1.27. The molecule has 4 N–H and O–H groups in total. The molecule has 3 atom stereocenters. The van der Waals surface area contributed by atoms with E-state index < -0.39 is 19.1 Å². The Hall–Kier alpha value is -0.585. The van der Waals surface area contributed by atoms with Crippen molar-refractivity contribution in [3.63, 3.8) is 0 Å². The molecule has 1 spiro atoms.